The van der Waals surface area contributed by atoms with Gasteiger partial charge in [0.1, 0.15) is 18.3 Å². The topological polar surface area (TPSA) is 149 Å². The maximum absolute atomic E-state index is 13.3. The summed E-state index contributed by atoms with van der Waals surface area (Å²) in [6.07, 6.45) is -4.07. The van der Waals surface area contributed by atoms with Crippen LogP contribution in [0.4, 0.5) is 9.59 Å². The second-order valence-electron chi connectivity index (χ2n) is 12.5. The molecule has 0 fully saturated rings. The molecular weight excluding hydrogens is 556 g/mol. The van der Waals surface area contributed by atoms with E-state index in [1.165, 1.54) is 6.92 Å². The number of rotatable bonds is 10. The number of benzene rings is 2. The van der Waals surface area contributed by atoms with Crippen LogP contribution >= 0.6 is 0 Å². The molecule has 0 saturated heterocycles. The summed E-state index contributed by atoms with van der Waals surface area (Å²) < 4.78 is 22.1. The van der Waals surface area contributed by atoms with E-state index in [-0.39, 0.29) is 12.5 Å². The van der Waals surface area contributed by atoms with E-state index in [2.05, 4.69) is 10.6 Å². The Labute approximate surface area is 252 Å². The maximum Gasteiger partial charge on any atom is 0.408 e. The molecule has 2 aromatic carbocycles. The zero-order valence-corrected chi connectivity index (χ0v) is 25.9. The summed E-state index contributed by atoms with van der Waals surface area (Å²) >= 11 is 0. The highest BCUT2D eigenvalue weighted by Crippen LogP contribution is 2.44. The summed E-state index contributed by atoms with van der Waals surface area (Å²) in [6, 6.07) is 12.8. The molecule has 1 aliphatic rings. The highest BCUT2D eigenvalue weighted by molar-refractivity contribution is 5.84. The smallest absolute Gasteiger partial charge is 0.408 e. The monoisotopic (exact) mass is 598 g/mol. The summed E-state index contributed by atoms with van der Waals surface area (Å²) in [7, 11) is 0. The van der Waals surface area contributed by atoms with Gasteiger partial charge in [-0.25, -0.2) is 19.2 Å². The molecule has 234 valence electrons. The lowest BCUT2D eigenvalue weighted by Crippen LogP contribution is -2.55. The Morgan fingerprint density at radius 1 is 0.767 bits per heavy atom. The second kappa shape index (κ2) is 13.5. The van der Waals surface area contributed by atoms with E-state index >= 15 is 0 Å². The van der Waals surface area contributed by atoms with Gasteiger partial charge in [0, 0.05) is 5.92 Å². The lowest BCUT2D eigenvalue weighted by molar-refractivity contribution is -0.162. The molecule has 0 bridgehead atoms. The van der Waals surface area contributed by atoms with Crippen molar-refractivity contribution in [3.8, 4) is 11.1 Å². The Morgan fingerprint density at radius 3 is 1.77 bits per heavy atom. The number of carbonyl (C=O) groups excluding carboxylic acids is 3. The molecule has 0 saturated carbocycles. The summed E-state index contributed by atoms with van der Waals surface area (Å²) in [5.41, 5.74) is 2.65. The zero-order chi connectivity index (χ0) is 32.1. The number of carboxylic acids is 1. The van der Waals surface area contributed by atoms with Crippen molar-refractivity contribution in [1.29, 1.82) is 0 Å². The van der Waals surface area contributed by atoms with Crippen LogP contribution in [-0.4, -0.2) is 71.3 Å². The minimum atomic E-state index is -1.62. The van der Waals surface area contributed by atoms with Crippen LogP contribution in [0.25, 0.3) is 11.1 Å². The summed E-state index contributed by atoms with van der Waals surface area (Å²) in [6.45, 7) is 13.2. The Balaban J connectivity index is 1.72. The Hall–Kier alpha value is -4.12. The molecule has 0 aromatic heterocycles. The minimum Gasteiger partial charge on any atom is -0.480 e. The number of carbonyl (C=O) groups is 4. The van der Waals surface area contributed by atoms with Crippen LogP contribution in [0.1, 0.15) is 72.4 Å². The molecule has 2 amide bonds. The molecule has 11 nitrogen and oxygen atoms in total. The first-order chi connectivity index (χ1) is 20.0. The zero-order valence-electron chi connectivity index (χ0n) is 25.9. The van der Waals surface area contributed by atoms with E-state index in [4.69, 9.17) is 18.9 Å². The van der Waals surface area contributed by atoms with Gasteiger partial charge >= 0.3 is 24.1 Å². The van der Waals surface area contributed by atoms with Gasteiger partial charge in [-0.05, 0) is 77.6 Å². The molecule has 11 heteroatoms. The van der Waals surface area contributed by atoms with Gasteiger partial charge in [-0.2, -0.15) is 0 Å². The predicted molar refractivity (Wildman–Crippen MR) is 159 cm³/mol. The van der Waals surface area contributed by atoms with E-state index in [1.54, 1.807) is 48.5 Å². The number of esters is 1. The van der Waals surface area contributed by atoms with E-state index in [0.717, 1.165) is 22.3 Å². The molecule has 3 rings (SSSR count). The Bertz CT molecular complexity index is 1280. The lowest BCUT2D eigenvalue weighted by atomic mass is 9.98. The van der Waals surface area contributed by atoms with Crippen LogP contribution in [0.3, 0.4) is 0 Å². The fraction of sp³-hybridized carbons (Fsp3) is 0.500. The first-order valence-electron chi connectivity index (χ1n) is 14.2. The number of carboxylic acid groups (broad SMARTS) is 1. The van der Waals surface area contributed by atoms with E-state index < -0.39 is 59.6 Å². The number of nitrogens with one attached hydrogen (secondary N) is 2. The molecule has 1 aliphatic carbocycles. The van der Waals surface area contributed by atoms with Crippen LogP contribution in [-0.2, 0) is 28.5 Å². The van der Waals surface area contributed by atoms with Gasteiger partial charge in [0.25, 0.3) is 0 Å². The van der Waals surface area contributed by atoms with Crippen molar-refractivity contribution in [2.24, 2.45) is 0 Å². The number of ether oxygens (including phenoxy) is 4. The van der Waals surface area contributed by atoms with Crippen molar-refractivity contribution in [3.63, 3.8) is 0 Å². The van der Waals surface area contributed by atoms with Crippen molar-refractivity contribution in [3.05, 3.63) is 59.7 Å². The van der Waals surface area contributed by atoms with Crippen molar-refractivity contribution in [1.82, 2.24) is 10.6 Å². The Kier molecular flexibility index (Phi) is 10.4. The molecule has 3 N–H and O–H groups in total. The van der Waals surface area contributed by atoms with Crippen molar-refractivity contribution < 1.29 is 43.2 Å². The van der Waals surface area contributed by atoms with Gasteiger partial charge in [-0.3, -0.25) is 0 Å². The molecule has 4 atom stereocenters. The molecule has 0 aliphatic heterocycles. The van der Waals surface area contributed by atoms with Gasteiger partial charge < -0.3 is 34.7 Å². The average Bonchev–Trinajstić information content (AvgIpc) is 3.20. The molecule has 0 radical (unpaired) electrons. The molecule has 2 aromatic rings. The highest BCUT2D eigenvalue weighted by atomic mass is 16.6. The standard InChI is InChI=1S/C32H42N2O9/c1-18(25(27(35)36)33-30(39)43-32(6,7)8)41-28(37)26(19(2)42-31(3,4)5)34-29(38)40-17-24-22-15-11-9-13-20(22)21-14-10-12-16-23(21)24/h9-16,18-19,24-26H,17H2,1-8H3,(H,33,39)(H,34,38)(H,35,36)/t18-,19-,25?,26?/m1/s1. The number of hydrogen-bond donors (Lipinski definition) is 3. The van der Waals surface area contributed by atoms with Gasteiger partial charge in [-0.15, -0.1) is 0 Å². The van der Waals surface area contributed by atoms with Crippen molar-refractivity contribution >= 4 is 24.1 Å². The summed E-state index contributed by atoms with van der Waals surface area (Å²) in [5.74, 6) is -2.59. The molecule has 2 unspecified atom stereocenters. The number of hydrogen-bond acceptors (Lipinski definition) is 8. The number of fused-ring (bicyclic) bond motifs is 3. The van der Waals surface area contributed by atoms with Crippen molar-refractivity contribution in [2.45, 2.75) is 96.8 Å². The highest BCUT2D eigenvalue weighted by Gasteiger charge is 2.37. The number of alkyl carbamates (subject to hydrolysis) is 2. The summed E-state index contributed by atoms with van der Waals surface area (Å²) in [5, 5.41) is 14.4. The number of aliphatic carboxylic acids is 1. The molecule has 43 heavy (non-hydrogen) atoms. The Morgan fingerprint density at radius 2 is 1.28 bits per heavy atom. The molecule has 0 spiro atoms. The normalized spacial score (nSPS) is 15.6. The predicted octanol–water partition coefficient (Wildman–Crippen LogP) is 5.01. The molecular formula is C32H42N2O9. The van der Waals surface area contributed by atoms with Crippen LogP contribution in [0, 0.1) is 0 Å². The lowest BCUT2D eigenvalue weighted by Gasteiger charge is -2.31. The van der Waals surface area contributed by atoms with E-state index in [1.807, 2.05) is 48.5 Å². The van der Waals surface area contributed by atoms with Crippen LogP contribution < -0.4 is 10.6 Å². The maximum atomic E-state index is 13.3. The fourth-order valence-corrected chi connectivity index (χ4v) is 4.90. The first-order valence-corrected chi connectivity index (χ1v) is 14.2. The SMILES string of the molecule is C[C@@H](OC(=O)C(NC(=O)OCC1c2ccccc2-c2ccccc21)[C@@H](C)OC(C)(C)C)C(NC(=O)OC(C)(C)C)C(=O)O. The number of amides is 2. The van der Waals surface area contributed by atoms with Gasteiger partial charge in [-0.1, -0.05) is 48.5 Å². The fourth-order valence-electron chi connectivity index (χ4n) is 4.90. The average molecular weight is 599 g/mol. The third kappa shape index (κ3) is 9.18. The largest absolute Gasteiger partial charge is 0.480 e. The van der Waals surface area contributed by atoms with Gasteiger partial charge in [0.15, 0.2) is 12.1 Å². The third-order valence-electron chi connectivity index (χ3n) is 6.59. The quantitative estimate of drug-likeness (QED) is 0.253. The van der Waals surface area contributed by atoms with Gasteiger partial charge in [0.2, 0.25) is 0 Å². The van der Waals surface area contributed by atoms with Crippen molar-refractivity contribution in [2.75, 3.05) is 6.61 Å². The van der Waals surface area contributed by atoms with E-state index in [0.29, 0.717) is 0 Å². The van der Waals surface area contributed by atoms with Crippen LogP contribution in [0.2, 0.25) is 0 Å². The molecule has 0 heterocycles. The second-order valence-corrected chi connectivity index (χ2v) is 12.5. The van der Waals surface area contributed by atoms with Crippen LogP contribution in [0.15, 0.2) is 48.5 Å². The van der Waals surface area contributed by atoms with Crippen LogP contribution in [0.5, 0.6) is 0 Å². The first kappa shape index (κ1) is 33.4. The third-order valence-corrected chi connectivity index (χ3v) is 6.59. The minimum absolute atomic E-state index is 0.0213. The van der Waals surface area contributed by atoms with E-state index in [9.17, 15) is 24.3 Å². The van der Waals surface area contributed by atoms with Gasteiger partial charge in [0.05, 0.1) is 11.7 Å². The summed E-state index contributed by atoms with van der Waals surface area (Å²) in [4.78, 5) is 50.5.